The Bertz CT molecular complexity index is 3750. The third-order valence-corrected chi connectivity index (χ3v) is 13.1. The standard InChI is InChI=1S/C65H66N3O.Pt/c1-41-33-58(53(40-52(41)43-23-18-15-19-24-43)44-27-29-48(30-28-44)62(2,3)4)68-57-26-20-25-51(59(57)67-61(68)54-38-50(64(8,9)10)39-55(60(54)69)65(11,12)13)46-34-47(36-49(35-46)63(5,6)7)56-37-45(31-32-66-56)42-21-16-14-17-22-42;/h14-33,35-40,69H,1-13H3;/q-1;/i1D3,14D,16D,17D,21D,22D;. The van der Waals surface area contributed by atoms with Gasteiger partial charge >= 0.3 is 0 Å². The number of hydrogen-bond acceptors (Lipinski definition) is 3. The molecule has 7 aromatic carbocycles. The third kappa shape index (κ3) is 9.86. The number of phenols is 1. The zero-order valence-electron chi connectivity index (χ0n) is 50.2. The summed E-state index contributed by atoms with van der Waals surface area (Å²) in [5, 5.41) is 12.8. The quantitative estimate of drug-likeness (QED) is 0.162. The maximum atomic E-state index is 12.8. The normalized spacial score (nSPS) is 14.1. The van der Waals surface area contributed by atoms with Crippen LogP contribution in [0, 0.1) is 12.9 Å². The van der Waals surface area contributed by atoms with E-state index in [1.165, 1.54) is 0 Å². The number of aryl methyl sites for hydroxylation is 1. The van der Waals surface area contributed by atoms with Gasteiger partial charge in [0.05, 0.1) is 29.1 Å². The van der Waals surface area contributed by atoms with E-state index >= 15 is 0 Å². The molecule has 0 radical (unpaired) electrons. The van der Waals surface area contributed by atoms with Crippen LogP contribution < -0.4 is 0 Å². The average Bonchev–Trinajstić information content (AvgIpc) is 3.78. The molecule has 0 aliphatic carbocycles. The first-order valence-corrected chi connectivity index (χ1v) is 23.7. The van der Waals surface area contributed by atoms with Crippen LogP contribution in [0.5, 0.6) is 5.75 Å². The number of phenolic OH excluding ortho intramolecular Hbond substituents is 1. The van der Waals surface area contributed by atoms with Crippen molar-refractivity contribution >= 4 is 11.0 Å². The minimum absolute atomic E-state index is 0. The second kappa shape index (κ2) is 18.8. The Morgan fingerprint density at radius 1 is 0.543 bits per heavy atom. The van der Waals surface area contributed by atoms with Gasteiger partial charge in [0.2, 0.25) is 0 Å². The molecule has 0 saturated carbocycles. The van der Waals surface area contributed by atoms with E-state index in [0.717, 1.165) is 38.9 Å². The van der Waals surface area contributed by atoms with Crippen LogP contribution >= 0.6 is 0 Å². The molecule has 4 nitrogen and oxygen atoms in total. The van der Waals surface area contributed by atoms with E-state index in [1.54, 1.807) is 24.4 Å². The molecule has 1 N–H and O–H groups in total. The minimum Gasteiger partial charge on any atom is -0.507 e. The Hall–Kier alpha value is -6.35. The number of pyridine rings is 1. The molecule has 0 spiro atoms. The summed E-state index contributed by atoms with van der Waals surface area (Å²) in [6.07, 6.45) is 1.58. The molecule has 2 aromatic heterocycles. The Kier molecular flexibility index (Phi) is 10.8. The topological polar surface area (TPSA) is 50.9 Å². The summed E-state index contributed by atoms with van der Waals surface area (Å²) >= 11 is 0. The van der Waals surface area contributed by atoms with Crippen molar-refractivity contribution in [3.05, 3.63) is 192 Å². The van der Waals surface area contributed by atoms with Gasteiger partial charge in [0, 0.05) is 48.2 Å². The Morgan fingerprint density at radius 3 is 1.83 bits per heavy atom. The van der Waals surface area contributed by atoms with E-state index in [-0.39, 0.29) is 66.3 Å². The maximum absolute atomic E-state index is 12.8. The van der Waals surface area contributed by atoms with Crippen molar-refractivity contribution in [3.63, 3.8) is 0 Å². The Morgan fingerprint density at radius 2 is 1.19 bits per heavy atom. The summed E-state index contributed by atoms with van der Waals surface area (Å²) < 4.78 is 71.8. The van der Waals surface area contributed by atoms with Crippen molar-refractivity contribution in [1.29, 1.82) is 0 Å². The molecule has 0 amide bonds. The smallest absolute Gasteiger partial charge is 0.148 e. The second-order valence-electron chi connectivity index (χ2n) is 22.3. The predicted molar refractivity (Wildman–Crippen MR) is 292 cm³/mol. The van der Waals surface area contributed by atoms with Gasteiger partial charge in [-0.3, -0.25) is 9.55 Å². The monoisotopic (exact) mass is 1110 g/mol. The SMILES string of the molecule is [2H]c1c([2H])c([2H])c(-c2ccnc(-c3[c-]c(-c4cccc5c4nc(-c4cc(C(C)(C)C)cc(C(C)(C)C)c4O)n5-c4cc(C([2H])([2H])[2H])c(-c5ccccc5)cc4-c4ccc(C(C)(C)C)cc4)cc(C(C)(C)C)c3)c2)c([2H])c1[2H].[Pt]. The van der Waals surface area contributed by atoms with Gasteiger partial charge in [-0.15, -0.1) is 29.3 Å². The van der Waals surface area contributed by atoms with Crippen molar-refractivity contribution in [3.8, 4) is 78.6 Å². The molecule has 0 saturated heterocycles. The van der Waals surface area contributed by atoms with Crippen LogP contribution in [0.15, 0.2) is 158 Å². The predicted octanol–water partition coefficient (Wildman–Crippen LogP) is 17.4. The molecule has 70 heavy (non-hydrogen) atoms. The van der Waals surface area contributed by atoms with Gasteiger partial charge in [-0.1, -0.05) is 203 Å². The number of benzene rings is 7. The molecule has 0 unspecified atom stereocenters. The maximum Gasteiger partial charge on any atom is 0.148 e. The van der Waals surface area contributed by atoms with E-state index in [2.05, 4.69) is 126 Å². The van der Waals surface area contributed by atoms with Crippen LogP contribution in [0.25, 0.3) is 83.9 Å². The molecule has 0 atom stereocenters. The van der Waals surface area contributed by atoms with Crippen molar-refractivity contribution < 1.29 is 37.1 Å². The fourth-order valence-corrected chi connectivity index (χ4v) is 8.98. The summed E-state index contributed by atoms with van der Waals surface area (Å²) in [5.41, 5.74) is 10.9. The fraction of sp³-hybridized carbons (Fsp3) is 0.262. The van der Waals surface area contributed by atoms with E-state index in [9.17, 15) is 5.11 Å². The van der Waals surface area contributed by atoms with Crippen LogP contribution in [0.1, 0.15) is 122 Å². The van der Waals surface area contributed by atoms with Crippen molar-refractivity contribution in [2.24, 2.45) is 0 Å². The minimum atomic E-state index is -2.55. The number of para-hydroxylation sites is 1. The van der Waals surface area contributed by atoms with Gasteiger partial charge in [0.15, 0.2) is 0 Å². The van der Waals surface area contributed by atoms with Crippen molar-refractivity contribution in [1.82, 2.24) is 14.5 Å². The molecule has 5 heteroatoms. The summed E-state index contributed by atoms with van der Waals surface area (Å²) in [4.78, 5) is 10.4. The number of hydrogen-bond donors (Lipinski definition) is 1. The Labute approximate surface area is 442 Å². The summed E-state index contributed by atoms with van der Waals surface area (Å²) in [6, 6.07) is 41.1. The van der Waals surface area contributed by atoms with Crippen LogP contribution in [-0.4, -0.2) is 19.6 Å². The average molecular weight is 1110 g/mol. The number of fused-ring (bicyclic) bond motifs is 1. The van der Waals surface area contributed by atoms with E-state index in [4.69, 9.17) is 20.9 Å². The van der Waals surface area contributed by atoms with Gasteiger partial charge in [-0.25, -0.2) is 4.98 Å². The van der Waals surface area contributed by atoms with Crippen molar-refractivity contribution in [2.75, 3.05) is 0 Å². The molecule has 0 fully saturated rings. The largest absolute Gasteiger partial charge is 0.507 e. The fourth-order valence-electron chi connectivity index (χ4n) is 8.98. The third-order valence-electron chi connectivity index (χ3n) is 13.1. The van der Waals surface area contributed by atoms with Crippen LogP contribution in [0.2, 0.25) is 0 Å². The van der Waals surface area contributed by atoms with Gasteiger partial charge in [-0.05, 0) is 103 Å². The molecular formula is C65H66N3OPt-. The first-order chi connectivity index (χ1) is 35.8. The number of imidazole rings is 1. The molecular weight excluding hydrogens is 1030 g/mol. The molecule has 2 heterocycles. The van der Waals surface area contributed by atoms with Crippen molar-refractivity contribution in [2.45, 2.75) is 112 Å². The molecule has 9 aromatic rings. The number of aromatic hydroxyl groups is 1. The molecule has 9 rings (SSSR count). The van der Waals surface area contributed by atoms with Gasteiger partial charge < -0.3 is 5.11 Å². The van der Waals surface area contributed by atoms with E-state index in [0.29, 0.717) is 61.6 Å². The first kappa shape index (κ1) is 40.4. The van der Waals surface area contributed by atoms with Gasteiger partial charge in [0.25, 0.3) is 0 Å². The van der Waals surface area contributed by atoms with Crippen LogP contribution in [0.4, 0.5) is 0 Å². The number of aromatic nitrogens is 3. The molecule has 0 bridgehead atoms. The number of nitrogens with zero attached hydrogens (tertiary/aromatic N) is 3. The van der Waals surface area contributed by atoms with E-state index < -0.39 is 30.4 Å². The van der Waals surface area contributed by atoms with Gasteiger partial charge in [0.1, 0.15) is 11.6 Å². The molecule has 0 aliphatic rings. The zero-order chi connectivity index (χ0) is 56.1. The van der Waals surface area contributed by atoms with E-state index in [1.807, 2.05) is 71.3 Å². The molecule has 0 aliphatic heterocycles. The molecule has 358 valence electrons. The Balaban J connectivity index is 0.00000803. The van der Waals surface area contributed by atoms with Crippen LogP contribution in [0.3, 0.4) is 0 Å². The van der Waals surface area contributed by atoms with Gasteiger partial charge in [-0.2, -0.15) is 0 Å². The number of rotatable bonds is 7. The second-order valence-corrected chi connectivity index (χ2v) is 22.3. The summed E-state index contributed by atoms with van der Waals surface area (Å²) in [7, 11) is 0. The first-order valence-electron chi connectivity index (χ1n) is 27.7. The summed E-state index contributed by atoms with van der Waals surface area (Å²) in [6.45, 7) is 23.0. The zero-order valence-corrected chi connectivity index (χ0v) is 44.5. The van der Waals surface area contributed by atoms with Crippen LogP contribution in [-0.2, 0) is 42.7 Å². The summed E-state index contributed by atoms with van der Waals surface area (Å²) in [5.74, 6) is 0.489.